The molecule has 1 aliphatic carbocycles. The van der Waals surface area contributed by atoms with Crippen LogP contribution in [0.25, 0.3) is 11.0 Å². The summed E-state index contributed by atoms with van der Waals surface area (Å²) in [5.41, 5.74) is 3.03. The Labute approximate surface area is 177 Å². The van der Waals surface area contributed by atoms with Crippen LogP contribution in [0.4, 0.5) is 0 Å². The number of benzene rings is 1. The predicted molar refractivity (Wildman–Crippen MR) is 116 cm³/mol. The molecule has 1 saturated heterocycles. The second-order valence-corrected chi connectivity index (χ2v) is 9.38. The number of fused-ring (bicyclic) bond motifs is 2. The minimum Gasteiger partial charge on any atom is -0.487 e. The summed E-state index contributed by atoms with van der Waals surface area (Å²) in [6, 6.07) is 4.07. The van der Waals surface area contributed by atoms with Crippen LogP contribution in [0, 0.1) is 6.92 Å². The molecule has 0 radical (unpaired) electrons. The third kappa shape index (κ3) is 3.52. The Morgan fingerprint density at radius 2 is 1.83 bits per heavy atom. The minimum absolute atomic E-state index is 0.0237. The first-order chi connectivity index (χ1) is 14.5. The van der Waals surface area contributed by atoms with Crippen LogP contribution in [0.15, 0.2) is 21.3 Å². The first-order valence-electron chi connectivity index (χ1n) is 11.6. The van der Waals surface area contributed by atoms with E-state index in [2.05, 4.69) is 6.07 Å². The zero-order valence-electron chi connectivity index (χ0n) is 17.9. The number of hydrogen-bond acceptors (Lipinski definition) is 4. The SMILES string of the molecule is Cc1c(CCC(=O)N2CCCC2)c(=O)oc2cc3c(cc12)CCC1(CCCCC1)O3. The van der Waals surface area contributed by atoms with Gasteiger partial charge in [0.25, 0.3) is 0 Å². The molecule has 3 heterocycles. The molecule has 3 aliphatic rings. The van der Waals surface area contributed by atoms with Crippen molar-refractivity contribution in [2.75, 3.05) is 13.1 Å². The standard InChI is InChI=1S/C25H31NO4/c1-17-19(7-8-23(27)26-13-5-6-14-26)24(28)29-22-16-21-18(15-20(17)22)9-12-25(30-21)10-3-2-4-11-25/h15-16H,2-14H2,1H3. The second kappa shape index (κ2) is 7.75. The highest BCUT2D eigenvalue weighted by atomic mass is 16.5. The number of likely N-dealkylation sites (tertiary alicyclic amines) is 1. The van der Waals surface area contributed by atoms with Crippen molar-refractivity contribution in [1.29, 1.82) is 0 Å². The van der Waals surface area contributed by atoms with Gasteiger partial charge in [0, 0.05) is 36.5 Å². The lowest BCUT2D eigenvalue weighted by molar-refractivity contribution is -0.130. The molecule has 2 aromatic rings. The molecule has 30 heavy (non-hydrogen) atoms. The van der Waals surface area contributed by atoms with Crippen LogP contribution in [0.5, 0.6) is 5.75 Å². The van der Waals surface area contributed by atoms with E-state index in [1.165, 1.54) is 24.8 Å². The number of rotatable bonds is 3. The van der Waals surface area contributed by atoms with E-state index in [9.17, 15) is 9.59 Å². The number of hydrogen-bond donors (Lipinski definition) is 0. The van der Waals surface area contributed by atoms with Crippen molar-refractivity contribution in [3.05, 3.63) is 39.2 Å². The lowest BCUT2D eigenvalue weighted by Gasteiger charge is -2.41. The van der Waals surface area contributed by atoms with Crippen LogP contribution in [0.3, 0.4) is 0 Å². The summed E-state index contributed by atoms with van der Waals surface area (Å²) in [7, 11) is 0. The minimum atomic E-state index is -0.322. The van der Waals surface area contributed by atoms with Gasteiger partial charge in [-0.3, -0.25) is 4.79 Å². The van der Waals surface area contributed by atoms with Gasteiger partial charge in [0.15, 0.2) is 0 Å². The van der Waals surface area contributed by atoms with E-state index in [-0.39, 0.29) is 17.1 Å². The van der Waals surface area contributed by atoms with Crippen LogP contribution in [0.2, 0.25) is 0 Å². The fourth-order valence-electron chi connectivity index (χ4n) is 5.59. The second-order valence-electron chi connectivity index (χ2n) is 9.38. The maximum atomic E-state index is 12.7. The van der Waals surface area contributed by atoms with Crippen LogP contribution in [-0.4, -0.2) is 29.5 Å². The van der Waals surface area contributed by atoms with Crippen molar-refractivity contribution < 1.29 is 13.9 Å². The Hall–Kier alpha value is -2.30. The van der Waals surface area contributed by atoms with E-state index in [0.29, 0.717) is 24.0 Å². The molecular formula is C25H31NO4. The summed E-state index contributed by atoms with van der Waals surface area (Å²) >= 11 is 0. The predicted octanol–water partition coefficient (Wildman–Crippen LogP) is 4.68. The van der Waals surface area contributed by atoms with Crippen LogP contribution >= 0.6 is 0 Å². The molecular weight excluding hydrogens is 378 g/mol. The number of carbonyl (C=O) groups excluding carboxylic acids is 1. The molecule has 160 valence electrons. The Morgan fingerprint density at radius 3 is 2.60 bits per heavy atom. The van der Waals surface area contributed by atoms with Gasteiger partial charge in [-0.2, -0.15) is 0 Å². The van der Waals surface area contributed by atoms with E-state index in [0.717, 1.165) is 68.3 Å². The van der Waals surface area contributed by atoms with Gasteiger partial charge >= 0.3 is 5.63 Å². The molecule has 0 atom stereocenters. The molecule has 1 aromatic carbocycles. The Bertz CT molecular complexity index is 1030. The van der Waals surface area contributed by atoms with E-state index in [1.807, 2.05) is 17.9 Å². The van der Waals surface area contributed by atoms with Crippen molar-refractivity contribution in [1.82, 2.24) is 4.90 Å². The monoisotopic (exact) mass is 409 g/mol. The van der Waals surface area contributed by atoms with E-state index < -0.39 is 0 Å². The molecule has 0 unspecified atom stereocenters. The van der Waals surface area contributed by atoms with Gasteiger partial charge in [0.1, 0.15) is 16.9 Å². The Morgan fingerprint density at radius 1 is 1.07 bits per heavy atom. The summed E-state index contributed by atoms with van der Waals surface area (Å²) in [5.74, 6) is 1.03. The maximum absolute atomic E-state index is 12.7. The van der Waals surface area contributed by atoms with E-state index in [1.54, 1.807) is 0 Å². The average molecular weight is 410 g/mol. The molecule has 1 aromatic heterocycles. The number of amides is 1. The van der Waals surface area contributed by atoms with Crippen molar-refractivity contribution in [3.8, 4) is 5.75 Å². The van der Waals surface area contributed by atoms with Crippen molar-refractivity contribution in [3.63, 3.8) is 0 Å². The van der Waals surface area contributed by atoms with Gasteiger partial charge in [-0.25, -0.2) is 4.79 Å². The highest BCUT2D eigenvalue weighted by Crippen LogP contribution is 2.43. The van der Waals surface area contributed by atoms with Crippen LogP contribution < -0.4 is 10.4 Å². The van der Waals surface area contributed by atoms with Gasteiger partial charge in [-0.05, 0) is 81.9 Å². The number of carbonyl (C=O) groups is 1. The third-order valence-electron chi connectivity index (χ3n) is 7.46. The van der Waals surface area contributed by atoms with Crippen molar-refractivity contribution in [2.45, 2.75) is 83.2 Å². The highest BCUT2D eigenvalue weighted by molar-refractivity contribution is 5.84. The molecule has 0 N–H and O–H groups in total. The molecule has 1 amide bonds. The fraction of sp³-hybridized carbons (Fsp3) is 0.600. The number of ether oxygens (including phenoxy) is 1. The van der Waals surface area contributed by atoms with E-state index in [4.69, 9.17) is 9.15 Å². The average Bonchev–Trinajstić information content (AvgIpc) is 3.28. The Kier molecular flexibility index (Phi) is 5.08. The Balaban J connectivity index is 1.42. The first kappa shape index (κ1) is 19.7. The summed E-state index contributed by atoms with van der Waals surface area (Å²) in [4.78, 5) is 27.0. The molecule has 5 rings (SSSR count). The van der Waals surface area contributed by atoms with Gasteiger partial charge in [0.05, 0.1) is 0 Å². The fourth-order valence-corrected chi connectivity index (χ4v) is 5.59. The largest absolute Gasteiger partial charge is 0.487 e. The molecule has 5 nitrogen and oxygen atoms in total. The molecule has 0 bridgehead atoms. The third-order valence-corrected chi connectivity index (χ3v) is 7.46. The van der Waals surface area contributed by atoms with E-state index >= 15 is 0 Å². The molecule has 2 fully saturated rings. The normalized spacial score (nSPS) is 20.4. The van der Waals surface area contributed by atoms with Gasteiger partial charge in [-0.1, -0.05) is 6.42 Å². The summed E-state index contributed by atoms with van der Waals surface area (Å²) < 4.78 is 12.2. The molecule has 1 spiro atoms. The lowest BCUT2D eigenvalue weighted by Crippen LogP contribution is -2.41. The summed E-state index contributed by atoms with van der Waals surface area (Å²) in [5, 5.41) is 0.972. The first-order valence-corrected chi connectivity index (χ1v) is 11.6. The van der Waals surface area contributed by atoms with Gasteiger partial charge in [0.2, 0.25) is 5.91 Å². The number of nitrogens with zero attached hydrogens (tertiary/aromatic N) is 1. The number of aryl methyl sites for hydroxylation is 2. The van der Waals surface area contributed by atoms with Crippen molar-refractivity contribution in [2.24, 2.45) is 0 Å². The molecule has 5 heteroatoms. The van der Waals surface area contributed by atoms with Crippen LogP contribution in [0.1, 0.15) is 74.5 Å². The maximum Gasteiger partial charge on any atom is 0.339 e. The smallest absolute Gasteiger partial charge is 0.339 e. The highest BCUT2D eigenvalue weighted by Gasteiger charge is 2.37. The topological polar surface area (TPSA) is 59.8 Å². The zero-order valence-corrected chi connectivity index (χ0v) is 17.9. The molecule has 1 saturated carbocycles. The summed E-state index contributed by atoms with van der Waals surface area (Å²) in [6.07, 6.45) is 11.1. The van der Waals surface area contributed by atoms with Gasteiger partial charge in [-0.15, -0.1) is 0 Å². The molecule has 2 aliphatic heterocycles. The lowest BCUT2D eigenvalue weighted by atomic mass is 9.79. The van der Waals surface area contributed by atoms with Gasteiger partial charge < -0.3 is 14.1 Å². The quantitative estimate of drug-likeness (QED) is 0.691. The summed E-state index contributed by atoms with van der Waals surface area (Å²) in [6.45, 7) is 3.67. The zero-order chi connectivity index (χ0) is 20.7. The van der Waals surface area contributed by atoms with Crippen LogP contribution in [-0.2, 0) is 17.6 Å². The van der Waals surface area contributed by atoms with Crippen molar-refractivity contribution >= 4 is 16.9 Å².